The SMILES string of the molecule is CCOC(=O)CN(C(=O)CSc1nnc(CNc2ccc(C)cc2)n1CC)c1ccccc1. The summed E-state index contributed by atoms with van der Waals surface area (Å²) < 4.78 is 7.03. The summed E-state index contributed by atoms with van der Waals surface area (Å²) in [6, 6.07) is 17.3. The molecule has 1 aromatic heterocycles. The predicted octanol–water partition coefficient (Wildman–Crippen LogP) is 3.91. The van der Waals surface area contributed by atoms with E-state index >= 15 is 0 Å². The van der Waals surface area contributed by atoms with Crippen molar-refractivity contribution < 1.29 is 14.3 Å². The monoisotopic (exact) mass is 467 g/mol. The van der Waals surface area contributed by atoms with Gasteiger partial charge < -0.3 is 19.5 Å². The fourth-order valence-electron chi connectivity index (χ4n) is 3.20. The van der Waals surface area contributed by atoms with Crippen molar-refractivity contribution in [3.05, 3.63) is 66.0 Å². The van der Waals surface area contributed by atoms with Crippen molar-refractivity contribution in [2.75, 3.05) is 29.1 Å². The number of esters is 1. The molecule has 0 unspecified atom stereocenters. The lowest BCUT2D eigenvalue weighted by molar-refractivity contribution is -0.142. The van der Waals surface area contributed by atoms with Crippen molar-refractivity contribution >= 4 is 35.0 Å². The van der Waals surface area contributed by atoms with Gasteiger partial charge in [-0.25, -0.2) is 0 Å². The minimum atomic E-state index is -0.444. The van der Waals surface area contributed by atoms with E-state index in [1.54, 1.807) is 19.1 Å². The maximum Gasteiger partial charge on any atom is 0.326 e. The Kier molecular flexibility index (Phi) is 8.88. The Balaban J connectivity index is 1.66. The van der Waals surface area contributed by atoms with Crippen molar-refractivity contribution in [3.63, 3.8) is 0 Å². The lowest BCUT2D eigenvalue weighted by atomic mass is 10.2. The number of para-hydroxylation sites is 1. The molecule has 1 heterocycles. The molecule has 0 aliphatic carbocycles. The predicted molar refractivity (Wildman–Crippen MR) is 130 cm³/mol. The molecule has 0 fully saturated rings. The van der Waals surface area contributed by atoms with Crippen LogP contribution in [0.1, 0.15) is 25.2 Å². The zero-order chi connectivity index (χ0) is 23.6. The number of anilines is 2. The molecule has 2 aromatic carbocycles. The third-order valence-electron chi connectivity index (χ3n) is 4.90. The molecule has 8 nitrogen and oxygen atoms in total. The van der Waals surface area contributed by atoms with Crippen LogP contribution < -0.4 is 10.2 Å². The van der Waals surface area contributed by atoms with Gasteiger partial charge >= 0.3 is 5.97 Å². The zero-order valence-electron chi connectivity index (χ0n) is 19.2. The fraction of sp³-hybridized carbons (Fsp3) is 0.333. The smallest absolute Gasteiger partial charge is 0.326 e. The van der Waals surface area contributed by atoms with Crippen LogP contribution in [-0.2, 0) is 27.4 Å². The Morgan fingerprint density at radius 1 is 1.06 bits per heavy atom. The van der Waals surface area contributed by atoms with Gasteiger partial charge in [-0.15, -0.1) is 10.2 Å². The van der Waals surface area contributed by atoms with Crippen LogP contribution in [0.25, 0.3) is 0 Å². The second kappa shape index (κ2) is 12.1. The second-order valence-electron chi connectivity index (χ2n) is 7.27. The van der Waals surface area contributed by atoms with E-state index in [4.69, 9.17) is 4.74 Å². The number of nitrogens with one attached hydrogen (secondary N) is 1. The van der Waals surface area contributed by atoms with Gasteiger partial charge in [0.2, 0.25) is 5.91 Å². The Hall–Kier alpha value is -3.33. The van der Waals surface area contributed by atoms with Crippen LogP contribution in [0.3, 0.4) is 0 Å². The van der Waals surface area contributed by atoms with Gasteiger partial charge in [0.15, 0.2) is 11.0 Å². The van der Waals surface area contributed by atoms with Crippen molar-refractivity contribution in [2.45, 2.75) is 39.0 Å². The van der Waals surface area contributed by atoms with E-state index in [2.05, 4.69) is 27.6 Å². The van der Waals surface area contributed by atoms with E-state index in [9.17, 15) is 9.59 Å². The maximum absolute atomic E-state index is 13.0. The van der Waals surface area contributed by atoms with Crippen LogP contribution in [0.5, 0.6) is 0 Å². The van der Waals surface area contributed by atoms with Crippen molar-refractivity contribution in [3.8, 4) is 0 Å². The van der Waals surface area contributed by atoms with Crippen LogP contribution in [0.2, 0.25) is 0 Å². The molecule has 174 valence electrons. The number of ether oxygens (including phenoxy) is 1. The van der Waals surface area contributed by atoms with E-state index in [1.807, 2.05) is 48.7 Å². The number of amides is 1. The highest BCUT2D eigenvalue weighted by Crippen LogP contribution is 2.21. The number of nitrogens with zero attached hydrogens (tertiary/aromatic N) is 4. The molecule has 3 aromatic rings. The molecular formula is C24H29N5O3S. The number of thioether (sulfide) groups is 1. The van der Waals surface area contributed by atoms with Gasteiger partial charge in [-0.2, -0.15) is 0 Å². The molecule has 0 saturated heterocycles. The molecule has 0 bridgehead atoms. The first-order chi connectivity index (χ1) is 16.0. The van der Waals surface area contributed by atoms with Crippen molar-refractivity contribution in [1.82, 2.24) is 14.8 Å². The Bertz CT molecular complexity index is 1050. The molecule has 33 heavy (non-hydrogen) atoms. The molecule has 9 heteroatoms. The van der Waals surface area contributed by atoms with Gasteiger partial charge in [-0.05, 0) is 45.0 Å². The van der Waals surface area contributed by atoms with Gasteiger partial charge in [-0.1, -0.05) is 47.7 Å². The summed E-state index contributed by atoms with van der Waals surface area (Å²) in [5.41, 5.74) is 2.86. The summed E-state index contributed by atoms with van der Waals surface area (Å²) in [6.45, 7) is 7.14. The molecule has 0 atom stereocenters. The number of carbonyl (C=O) groups excluding carboxylic acids is 2. The van der Waals surface area contributed by atoms with Crippen molar-refractivity contribution in [2.24, 2.45) is 0 Å². The summed E-state index contributed by atoms with van der Waals surface area (Å²) in [5.74, 6) is 0.266. The van der Waals surface area contributed by atoms with Gasteiger partial charge in [0.1, 0.15) is 6.54 Å². The van der Waals surface area contributed by atoms with E-state index in [0.717, 1.165) is 11.5 Å². The Labute approximate surface area is 198 Å². The number of rotatable bonds is 11. The Morgan fingerprint density at radius 2 is 1.79 bits per heavy atom. The van der Waals surface area contributed by atoms with E-state index in [0.29, 0.717) is 23.9 Å². The average Bonchev–Trinajstić information content (AvgIpc) is 3.23. The Morgan fingerprint density at radius 3 is 2.45 bits per heavy atom. The van der Waals surface area contributed by atoms with Gasteiger partial charge in [-0.3, -0.25) is 9.59 Å². The van der Waals surface area contributed by atoms with Crippen LogP contribution in [0.4, 0.5) is 11.4 Å². The normalized spacial score (nSPS) is 10.6. The number of carbonyl (C=O) groups is 2. The van der Waals surface area contributed by atoms with E-state index in [-0.39, 0.29) is 24.8 Å². The summed E-state index contributed by atoms with van der Waals surface area (Å²) in [5, 5.41) is 12.6. The topological polar surface area (TPSA) is 89.3 Å². The lowest BCUT2D eigenvalue weighted by Crippen LogP contribution is -2.37. The third kappa shape index (κ3) is 6.82. The molecule has 0 aliphatic heterocycles. The van der Waals surface area contributed by atoms with Gasteiger partial charge in [0.25, 0.3) is 0 Å². The molecule has 1 N–H and O–H groups in total. The molecule has 0 radical (unpaired) electrons. The van der Waals surface area contributed by atoms with E-state index in [1.165, 1.54) is 22.2 Å². The highest BCUT2D eigenvalue weighted by molar-refractivity contribution is 7.99. The highest BCUT2D eigenvalue weighted by Gasteiger charge is 2.21. The number of hydrogen-bond acceptors (Lipinski definition) is 7. The second-order valence-corrected chi connectivity index (χ2v) is 8.21. The van der Waals surface area contributed by atoms with Crippen molar-refractivity contribution in [1.29, 1.82) is 0 Å². The number of benzene rings is 2. The summed E-state index contributed by atoms with van der Waals surface area (Å²) in [6.07, 6.45) is 0. The fourth-order valence-corrected chi connectivity index (χ4v) is 4.10. The first kappa shape index (κ1) is 24.3. The number of aryl methyl sites for hydroxylation is 1. The number of hydrogen-bond donors (Lipinski definition) is 1. The molecule has 3 rings (SSSR count). The largest absolute Gasteiger partial charge is 0.465 e. The third-order valence-corrected chi connectivity index (χ3v) is 5.85. The highest BCUT2D eigenvalue weighted by atomic mass is 32.2. The lowest BCUT2D eigenvalue weighted by Gasteiger charge is -2.21. The number of aromatic nitrogens is 3. The van der Waals surface area contributed by atoms with Crippen LogP contribution in [0, 0.1) is 6.92 Å². The van der Waals surface area contributed by atoms with E-state index < -0.39 is 5.97 Å². The summed E-state index contributed by atoms with van der Waals surface area (Å²) >= 11 is 1.31. The molecule has 0 aliphatic rings. The molecule has 1 amide bonds. The standard InChI is InChI=1S/C24H29N5O3S/c1-4-28-21(15-25-19-13-11-18(3)12-14-19)26-27-24(28)33-17-22(30)29(16-23(31)32-5-2)20-9-7-6-8-10-20/h6-14,25H,4-5,15-17H2,1-3H3. The summed E-state index contributed by atoms with van der Waals surface area (Å²) in [4.78, 5) is 26.5. The molecule has 0 spiro atoms. The molecule has 0 saturated carbocycles. The summed E-state index contributed by atoms with van der Waals surface area (Å²) in [7, 11) is 0. The minimum Gasteiger partial charge on any atom is -0.465 e. The quantitative estimate of drug-likeness (QED) is 0.338. The first-order valence-corrected chi connectivity index (χ1v) is 11.9. The minimum absolute atomic E-state index is 0.123. The molecular weight excluding hydrogens is 438 g/mol. The van der Waals surface area contributed by atoms with Crippen LogP contribution in [-0.4, -0.2) is 45.5 Å². The zero-order valence-corrected chi connectivity index (χ0v) is 20.0. The maximum atomic E-state index is 13.0. The van der Waals surface area contributed by atoms with Crippen LogP contribution >= 0.6 is 11.8 Å². The average molecular weight is 468 g/mol. The van der Waals surface area contributed by atoms with Gasteiger partial charge in [0.05, 0.1) is 18.9 Å². The van der Waals surface area contributed by atoms with Crippen LogP contribution in [0.15, 0.2) is 59.8 Å². The van der Waals surface area contributed by atoms with Gasteiger partial charge in [0, 0.05) is 17.9 Å². The first-order valence-electron chi connectivity index (χ1n) is 10.9.